The van der Waals surface area contributed by atoms with Gasteiger partial charge in [-0.15, -0.1) is 0 Å². The molecule has 0 saturated carbocycles. The Kier molecular flexibility index (Phi) is 5.09. The number of esters is 2. The van der Waals surface area contributed by atoms with Crippen LogP contribution in [0, 0.1) is 12.3 Å². The van der Waals surface area contributed by atoms with E-state index in [2.05, 4.69) is 0 Å². The fourth-order valence-electron chi connectivity index (χ4n) is 3.68. The number of carbonyl (C=O) groups excluding carboxylic acids is 2. The van der Waals surface area contributed by atoms with E-state index < -0.39 is 29.6 Å². The number of benzene rings is 2. The Labute approximate surface area is 152 Å². The lowest BCUT2D eigenvalue weighted by molar-refractivity contribution is -0.173. The van der Waals surface area contributed by atoms with Gasteiger partial charge in [-0.05, 0) is 23.6 Å². The molecule has 2 aromatic rings. The van der Waals surface area contributed by atoms with E-state index in [1.165, 1.54) is 14.2 Å². The molecule has 5 nitrogen and oxygen atoms in total. The van der Waals surface area contributed by atoms with Crippen molar-refractivity contribution in [3.63, 3.8) is 0 Å². The van der Waals surface area contributed by atoms with Crippen molar-refractivity contribution in [1.29, 1.82) is 0 Å². The molecule has 2 atom stereocenters. The molecule has 136 valence electrons. The summed E-state index contributed by atoms with van der Waals surface area (Å²) in [6, 6.07) is 17.0. The zero-order valence-corrected chi connectivity index (χ0v) is 15.1. The van der Waals surface area contributed by atoms with Crippen molar-refractivity contribution in [3.05, 3.63) is 71.3 Å². The maximum absolute atomic E-state index is 12.8. The molecule has 1 saturated heterocycles. The second-order valence-electron chi connectivity index (χ2n) is 6.43. The van der Waals surface area contributed by atoms with Gasteiger partial charge in [0.2, 0.25) is 0 Å². The second-order valence-corrected chi connectivity index (χ2v) is 6.43. The minimum absolute atomic E-state index is 0.163. The van der Waals surface area contributed by atoms with Crippen molar-refractivity contribution < 1.29 is 23.8 Å². The molecule has 1 heterocycles. The van der Waals surface area contributed by atoms with Gasteiger partial charge in [-0.25, -0.2) is 0 Å². The fourth-order valence-corrected chi connectivity index (χ4v) is 3.68. The SMILES string of the molecule is COC(=O)C1(C(=O)OC)C[C@H](c2ccccc2C)O[C@@H]1c1ccccc1. The van der Waals surface area contributed by atoms with Gasteiger partial charge in [-0.1, -0.05) is 54.6 Å². The third kappa shape index (κ3) is 2.88. The van der Waals surface area contributed by atoms with Gasteiger partial charge in [-0.3, -0.25) is 9.59 Å². The van der Waals surface area contributed by atoms with Gasteiger partial charge in [0.25, 0.3) is 0 Å². The van der Waals surface area contributed by atoms with Crippen molar-refractivity contribution in [3.8, 4) is 0 Å². The lowest BCUT2D eigenvalue weighted by Crippen LogP contribution is -2.43. The molecule has 0 amide bonds. The van der Waals surface area contributed by atoms with Crippen LogP contribution in [0.4, 0.5) is 0 Å². The van der Waals surface area contributed by atoms with Crippen molar-refractivity contribution in [2.24, 2.45) is 5.41 Å². The zero-order chi connectivity index (χ0) is 18.7. The van der Waals surface area contributed by atoms with Gasteiger partial charge in [0.05, 0.1) is 20.3 Å². The molecule has 0 spiro atoms. The minimum atomic E-state index is -1.54. The summed E-state index contributed by atoms with van der Waals surface area (Å²) in [7, 11) is 2.55. The van der Waals surface area contributed by atoms with Gasteiger partial charge in [0, 0.05) is 6.42 Å². The predicted molar refractivity (Wildman–Crippen MR) is 95.3 cm³/mol. The minimum Gasteiger partial charge on any atom is -0.468 e. The van der Waals surface area contributed by atoms with Crippen LogP contribution in [-0.2, 0) is 23.8 Å². The van der Waals surface area contributed by atoms with Crippen LogP contribution in [0.1, 0.15) is 35.3 Å². The summed E-state index contributed by atoms with van der Waals surface area (Å²) in [5.74, 6) is -1.29. The summed E-state index contributed by atoms with van der Waals surface area (Å²) in [5.41, 5.74) is 1.18. The highest BCUT2D eigenvalue weighted by molar-refractivity contribution is 6.01. The Morgan fingerprint density at radius 2 is 1.54 bits per heavy atom. The van der Waals surface area contributed by atoms with Gasteiger partial charge in [0.15, 0.2) is 5.41 Å². The number of hydrogen-bond donors (Lipinski definition) is 0. The fraction of sp³-hybridized carbons (Fsp3) is 0.333. The average Bonchev–Trinajstić information content (AvgIpc) is 3.09. The maximum atomic E-state index is 12.8. The topological polar surface area (TPSA) is 61.8 Å². The van der Waals surface area contributed by atoms with E-state index in [1.54, 1.807) is 0 Å². The smallest absolute Gasteiger partial charge is 0.326 e. The first-order valence-corrected chi connectivity index (χ1v) is 8.47. The molecular formula is C21H22O5. The molecule has 5 heteroatoms. The molecule has 0 bridgehead atoms. The zero-order valence-electron chi connectivity index (χ0n) is 15.1. The van der Waals surface area contributed by atoms with Gasteiger partial charge < -0.3 is 14.2 Å². The van der Waals surface area contributed by atoms with Crippen molar-refractivity contribution >= 4 is 11.9 Å². The lowest BCUT2D eigenvalue weighted by atomic mass is 9.76. The Bertz CT molecular complexity index is 783. The van der Waals surface area contributed by atoms with Gasteiger partial charge in [0.1, 0.15) is 6.10 Å². The first kappa shape index (κ1) is 18.1. The molecule has 0 N–H and O–H groups in total. The number of hydrogen-bond acceptors (Lipinski definition) is 5. The molecule has 1 aliphatic rings. The molecule has 0 aliphatic carbocycles. The molecular weight excluding hydrogens is 332 g/mol. The third-order valence-electron chi connectivity index (χ3n) is 4.99. The summed E-state index contributed by atoms with van der Waals surface area (Å²) in [4.78, 5) is 25.6. The standard InChI is InChI=1S/C21H22O5/c1-14-9-7-8-12-16(14)17-13-21(19(22)24-2,20(23)25-3)18(26-17)15-10-5-4-6-11-15/h4-12,17-18H,13H2,1-3H3/t17-,18-/m1/s1. The van der Waals surface area contributed by atoms with Crippen molar-refractivity contribution in [2.75, 3.05) is 14.2 Å². The normalized spacial score (nSPS) is 21.2. The van der Waals surface area contributed by atoms with E-state index in [4.69, 9.17) is 14.2 Å². The Balaban J connectivity index is 2.13. The highest BCUT2D eigenvalue weighted by Crippen LogP contribution is 2.55. The van der Waals surface area contributed by atoms with Crippen LogP contribution in [0.25, 0.3) is 0 Å². The molecule has 26 heavy (non-hydrogen) atoms. The van der Waals surface area contributed by atoms with Crippen LogP contribution < -0.4 is 0 Å². The van der Waals surface area contributed by atoms with E-state index in [9.17, 15) is 9.59 Å². The Morgan fingerprint density at radius 3 is 2.12 bits per heavy atom. The largest absolute Gasteiger partial charge is 0.468 e. The van der Waals surface area contributed by atoms with Crippen LogP contribution >= 0.6 is 0 Å². The van der Waals surface area contributed by atoms with E-state index >= 15 is 0 Å². The quantitative estimate of drug-likeness (QED) is 0.621. The number of aryl methyl sites for hydroxylation is 1. The number of methoxy groups -OCH3 is 2. The summed E-state index contributed by atoms with van der Waals surface area (Å²) in [6.07, 6.45) is -1.04. The molecule has 0 unspecified atom stereocenters. The molecule has 0 aromatic heterocycles. The molecule has 1 aliphatic heterocycles. The maximum Gasteiger partial charge on any atom is 0.326 e. The van der Waals surface area contributed by atoms with Crippen LogP contribution in [-0.4, -0.2) is 26.2 Å². The summed E-state index contributed by atoms with van der Waals surface area (Å²) >= 11 is 0. The van der Waals surface area contributed by atoms with Crippen LogP contribution in [0.2, 0.25) is 0 Å². The number of ether oxygens (including phenoxy) is 3. The van der Waals surface area contributed by atoms with E-state index in [-0.39, 0.29) is 6.42 Å². The molecule has 1 fully saturated rings. The highest BCUT2D eigenvalue weighted by Gasteiger charge is 2.62. The van der Waals surface area contributed by atoms with Gasteiger partial charge >= 0.3 is 11.9 Å². The van der Waals surface area contributed by atoms with Crippen molar-refractivity contribution in [2.45, 2.75) is 25.6 Å². The monoisotopic (exact) mass is 354 g/mol. The number of rotatable bonds is 4. The predicted octanol–water partition coefficient (Wildman–Crippen LogP) is 3.53. The first-order valence-electron chi connectivity index (χ1n) is 8.47. The molecule has 0 radical (unpaired) electrons. The Hall–Kier alpha value is -2.66. The molecule has 2 aromatic carbocycles. The van der Waals surface area contributed by atoms with Crippen molar-refractivity contribution in [1.82, 2.24) is 0 Å². The summed E-state index contributed by atoms with van der Waals surface area (Å²) in [6.45, 7) is 1.98. The lowest BCUT2D eigenvalue weighted by Gasteiger charge is -2.28. The van der Waals surface area contributed by atoms with Crippen LogP contribution in [0.3, 0.4) is 0 Å². The average molecular weight is 354 g/mol. The van der Waals surface area contributed by atoms with E-state index in [0.717, 1.165) is 16.7 Å². The van der Waals surface area contributed by atoms with E-state index in [0.29, 0.717) is 0 Å². The summed E-state index contributed by atoms with van der Waals surface area (Å²) in [5, 5.41) is 0. The van der Waals surface area contributed by atoms with Crippen LogP contribution in [0.15, 0.2) is 54.6 Å². The molecule has 3 rings (SSSR count). The second kappa shape index (κ2) is 7.30. The van der Waals surface area contributed by atoms with E-state index in [1.807, 2.05) is 61.5 Å². The van der Waals surface area contributed by atoms with Crippen LogP contribution in [0.5, 0.6) is 0 Å². The highest BCUT2D eigenvalue weighted by atomic mass is 16.6. The summed E-state index contributed by atoms with van der Waals surface area (Å²) < 4.78 is 16.3. The Morgan fingerprint density at radius 1 is 0.962 bits per heavy atom. The first-order chi connectivity index (χ1) is 12.5. The number of carbonyl (C=O) groups is 2. The van der Waals surface area contributed by atoms with Gasteiger partial charge in [-0.2, -0.15) is 0 Å². The third-order valence-corrected chi connectivity index (χ3v) is 4.99.